The van der Waals surface area contributed by atoms with Crippen molar-refractivity contribution in [3.63, 3.8) is 0 Å². The molecule has 5 nitrogen and oxygen atoms in total. The van der Waals surface area contributed by atoms with Crippen molar-refractivity contribution in [1.82, 2.24) is 9.97 Å². The largest absolute Gasteiger partial charge is 0.370 e. The van der Waals surface area contributed by atoms with Crippen LogP contribution in [0.15, 0.2) is 17.5 Å². The summed E-state index contributed by atoms with van der Waals surface area (Å²) in [6.07, 6.45) is 0. The number of pyridine rings is 1. The molecule has 21 heavy (non-hydrogen) atoms. The van der Waals surface area contributed by atoms with Gasteiger partial charge in [0.1, 0.15) is 5.82 Å². The number of aryl methyl sites for hydroxylation is 1. The molecule has 0 saturated carbocycles. The molecule has 112 valence electrons. The van der Waals surface area contributed by atoms with Crippen molar-refractivity contribution in [3.05, 3.63) is 34.5 Å². The zero-order valence-corrected chi connectivity index (χ0v) is 13.5. The minimum Gasteiger partial charge on any atom is -0.370 e. The fourth-order valence-electron chi connectivity index (χ4n) is 1.83. The molecule has 2 heterocycles. The predicted octanol–water partition coefficient (Wildman–Crippen LogP) is 3.65. The standard InChI is InChI=1S/C15H20N4OS/c1-5-16-13-7-11(6-12(18-13)9(2)3)14(20)19-15-17-10(4)8-21-15/h6-9H,5H2,1-4H3,(H,16,18)(H,17,19,20). The lowest BCUT2D eigenvalue weighted by Crippen LogP contribution is -2.14. The molecule has 0 saturated heterocycles. The number of nitrogens with zero attached hydrogens (tertiary/aromatic N) is 2. The number of aromatic nitrogens is 2. The molecule has 0 spiro atoms. The summed E-state index contributed by atoms with van der Waals surface area (Å²) in [4.78, 5) is 21.1. The molecule has 2 aromatic rings. The minimum atomic E-state index is -0.159. The van der Waals surface area contributed by atoms with Crippen LogP contribution in [0.5, 0.6) is 0 Å². The van der Waals surface area contributed by atoms with E-state index in [0.717, 1.165) is 23.8 Å². The molecule has 0 aliphatic rings. The second-order valence-electron chi connectivity index (χ2n) is 5.10. The topological polar surface area (TPSA) is 66.9 Å². The summed E-state index contributed by atoms with van der Waals surface area (Å²) in [6, 6.07) is 3.60. The molecule has 1 amide bonds. The number of anilines is 2. The summed E-state index contributed by atoms with van der Waals surface area (Å²) in [7, 11) is 0. The van der Waals surface area contributed by atoms with E-state index in [1.807, 2.05) is 25.3 Å². The van der Waals surface area contributed by atoms with Gasteiger partial charge in [0, 0.05) is 23.2 Å². The van der Waals surface area contributed by atoms with E-state index >= 15 is 0 Å². The van der Waals surface area contributed by atoms with E-state index in [-0.39, 0.29) is 11.8 Å². The number of hydrogen-bond donors (Lipinski definition) is 2. The van der Waals surface area contributed by atoms with Crippen molar-refractivity contribution < 1.29 is 4.79 Å². The molecule has 2 aromatic heterocycles. The smallest absolute Gasteiger partial charge is 0.257 e. The van der Waals surface area contributed by atoms with E-state index in [1.54, 1.807) is 6.07 Å². The van der Waals surface area contributed by atoms with Crippen molar-refractivity contribution in [1.29, 1.82) is 0 Å². The van der Waals surface area contributed by atoms with Crippen LogP contribution in [0.2, 0.25) is 0 Å². The average molecular weight is 304 g/mol. The average Bonchev–Trinajstić information content (AvgIpc) is 2.84. The summed E-state index contributed by atoms with van der Waals surface area (Å²) in [6.45, 7) is 8.79. The Morgan fingerprint density at radius 3 is 2.67 bits per heavy atom. The van der Waals surface area contributed by atoms with Crippen molar-refractivity contribution in [2.45, 2.75) is 33.6 Å². The van der Waals surface area contributed by atoms with E-state index < -0.39 is 0 Å². The maximum atomic E-state index is 12.4. The number of thiazole rings is 1. The number of carbonyl (C=O) groups is 1. The summed E-state index contributed by atoms with van der Waals surface area (Å²) >= 11 is 1.42. The van der Waals surface area contributed by atoms with Gasteiger partial charge in [-0.3, -0.25) is 10.1 Å². The quantitative estimate of drug-likeness (QED) is 0.884. The Kier molecular flexibility index (Phi) is 4.90. The third kappa shape index (κ3) is 4.01. The second kappa shape index (κ2) is 6.67. The van der Waals surface area contributed by atoms with Crippen LogP contribution in [-0.2, 0) is 0 Å². The van der Waals surface area contributed by atoms with Gasteiger partial charge in [0.25, 0.3) is 5.91 Å². The monoisotopic (exact) mass is 304 g/mol. The molecule has 6 heteroatoms. The first-order valence-corrected chi connectivity index (χ1v) is 7.87. The SMILES string of the molecule is CCNc1cc(C(=O)Nc2nc(C)cs2)cc(C(C)C)n1. The van der Waals surface area contributed by atoms with Gasteiger partial charge in [-0.25, -0.2) is 9.97 Å². The predicted molar refractivity (Wildman–Crippen MR) is 87.3 cm³/mol. The zero-order valence-electron chi connectivity index (χ0n) is 12.7. The highest BCUT2D eigenvalue weighted by molar-refractivity contribution is 7.13. The fraction of sp³-hybridized carbons (Fsp3) is 0.400. The van der Waals surface area contributed by atoms with Crippen LogP contribution < -0.4 is 10.6 Å². The summed E-state index contributed by atoms with van der Waals surface area (Å²) < 4.78 is 0. The van der Waals surface area contributed by atoms with Crippen LogP contribution >= 0.6 is 11.3 Å². The van der Waals surface area contributed by atoms with Crippen molar-refractivity contribution in [2.24, 2.45) is 0 Å². The first kappa shape index (κ1) is 15.4. The number of rotatable bonds is 5. The molecule has 0 aliphatic carbocycles. The highest BCUT2D eigenvalue weighted by Crippen LogP contribution is 2.20. The molecule has 0 fully saturated rings. The molecule has 2 N–H and O–H groups in total. The van der Waals surface area contributed by atoms with Gasteiger partial charge in [-0.1, -0.05) is 13.8 Å². The Labute approximate surface area is 128 Å². The Bertz CT molecular complexity index is 636. The van der Waals surface area contributed by atoms with Crippen LogP contribution in [0, 0.1) is 6.92 Å². The number of hydrogen-bond acceptors (Lipinski definition) is 5. The first-order valence-electron chi connectivity index (χ1n) is 6.99. The van der Waals surface area contributed by atoms with Crippen LogP contribution in [0.1, 0.15) is 48.4 Å². The molecule has 0 bridgehead atoms. The fourth-order valence-corrected chi connectivity index (χ4v) is 2.51. The lowest BCUT2D eigenvalue weighted by atomic mass is 10.1. The lowest BCUT2D eigenvalue weighted by molar-refractivity contribution is 0.102. The molecule has 0 aromatic carbocycles. The van der Waals surface area contributed by atoms with Gasteiger partial charge < -0.3 is 5.32 Å². The second-order valence-corrected chi connectivity index (χ2v) is 5.96. The van der Waals surface area contributed by atoms with E-state index in [0.29, 0.717) is 10.7 Å². The molecular weight excluding hydrogens is 284 g/mol. The first-order chi connectivity index (χ1) is 9.99. The Morgan fingerprint density at radius 1 is 1.33 bits per heavy atom. The minimum absolute atomic E-state index is 0.159. The van der Waals surface area contributed by atoms with Gasteiger partial charge in [0.15, 0.2) is 5.13 Å². The van der Waals surface area contributed by atoms with Gasteiger partial charge >= 0.3 is 0 Å². The van der Waals surface area contributed by atoms with Crippen molar-refractivity contribution in [2.75, 3.05) is 17.2 Å². The highest BCUT2D eigenvalue weighted by Gasteiger charge is 2.13. The van der Waals surface area contributed by atoms with Gasteiger partial charge in [0.05, 0.1) is 5.69 Å². The maximum Gasteiger partial charge on any atom is 0.257 e. The van der Waals surface area contributed by atoms with Gasteiger partial charge in [-0.2, -0.15) is 0 Å². The van der Waals surface area contributed by atoms with Crippen LogP contribution in [0.25, 0.3) is 0 Å². The Balaban J connectivity index is 2.26. The highest BCUT2D eigenvalue weighted by atomic mass is 32.1. The lowest BCUT2D eigenvalue weighted by Gasteiger charge is -2.11. The number of amides is 1. The van der Waals surface area contributed by atoms with Crippen LogP contribution in [0.4, 0.5) is 10.9 Å². The van der Waals surface area contributed by atoms with E-state index in [9.17, 15) is 4.79 Å². The van der Waals surface area contributed by atoms with Crippen LogP contribution in [0.3, 0.4) is 0 Å². The molecular formula is C15H20N4OS. The third-order valence-electron chi connectivity index (χ3n) is 2.90. The van der Waals surface area contributed by atoms with E-state index in [2.05, 4.69) is 34.4 Å². The van der Waals surface area contributed by atoms with E-state index in [1.165, 1.54) is 11.3 Å². The summed E-state index contributed by atoms with van der Waals surface area (Å²) in [5.74, 6) is 0.828. The van der Waals surface area contributed by atoms with Crippen LogP contribution in [-0.4, -0.2) is 22.4 Å². The molecule has 2 rings (SSSR count). The third-order valence-corrected chi connectivity index (χ3v) is 3.77. The Morgan fingerprint density at radius 2 is 2.10 bits per heavy atom. The van der Waals surface area contributed by atoms with Crippen molar-refractivity contribution in [3.8, 4) is 0 Å². The Hall–Kier alpha value is -1.95. The van der Waals surface area contributed by atoms with Gasteiger partial charge in [-0.15, -0.1) is 11.3 Å². The normalized spacial score (nSPS) is 10.7. The van der Waals surface area contributed by atoms with E-state index in [4.69, 9.17) is 0 Å². The van der Waals surface area contributed by atoms with Gasteiger partial charge in [0.2, 0.25) is 0 Å². The zero-order chi connectivity index (χ0) is 15.4. The summed E-state index contributed by atoms with van der Waals surface area (Å²) in [5.41, 5.74) is 2.40. The maximum absolute atomic E-state index is 12.4. The number of carbonyl (C=O) groups excluding carboxylic acids is 1. The van der Waals surface area contributed by atoms with Gasteiger partial charge in [-0.05, 0) is 31.9 Å². The number of nitrogens with one attached hydrogen (secondary N) is 2. The molecule has 0 unspecified atom stereocenters. The van der Waals surface area contributed by atoms with Crippen molar-refractivity contribution >= 4 is 28.2 Å². The summed E-state index contributed by atoms with van der Waals surface area (Å²) in [5, 5.41) is 8.51. The molecule has 0 radical (unpaired) electrons. The molecule has 0 atom stereocenters. The molecule has 0 aliphatic heterocycles.